The normalized spacial score (nSPS) is 27.7. The average Bonchev–Trinajstić information content (AvgIpc) is 3.29. The summed E-state index contributed by atoms with van der Waals surface area (Å²) in [5.74, 6) is 0.513. The molecule has 0 radical (unpaired) electrons. The number of carbonyl (C=O) groups is 2. The third-order valence-corrected chi connectivity index (χ3v) is 7.40. The van der Waals surface area contributed by atoms with Gasteiger partial charge in [-0.3, -0.25) is 9.59 Å². The number of aromatic amines is 1. The minimum atomic E-state index is -0.426. The molecule has 5 heteroatoms. The molecule has 3 aliphatic rings. The van der Waals surface area contributed by atoms with Gasteiger partial charge in [-0.25, -0.2) is 4.90 Å². The molecule has 2 heterocycles. The lowest BCUT2D eigenvalue weighted by Gasteiger charge is -2.41. The molecular weight excluding hydrogens is 376 g/mol. The van der Waals surface area contributed by atoms with E-state index in [0.29, 0.717) is 11.6 Å². The first-order valence-electron chi connectivity index (χ1n) is 10.8. The summed E-state index contributed by atoms with van der Waals surface area (Å²) in [6.07, 6.45) is 4.36. The number of para-hydroxylation sites is 1. The molecule has 4 atom stereocenters. The van der Waals surface area contributed by atoms with Crippen LogP contribution in [0.2, 0.25) is 0 Å². The third kappa shape index (κ3) is 2.29. The summed E-state index contributed by atoms with van der Waals surface area (Å²) in [6, 6.07) is 15.4. The van der Waals surface area contributed by atoms with Gasteiger partial charge in [0.2, 0.25) is 11.8 Å². The molecule has 152 valence electrons. The Kier molecular flexibility index (Phi) is 3.82. The van der Waals surface area contributed by atoms with E-state index in [0.717, 1.165) is 41.6 Å². The van der Waals surface area contributed by atoms with E-state index >= 15 is 0 Å². The van der Waals surface area contributed by atoms with Crippen molar-refractivity contribution in [2.75, 3.05) is 12.0 Å². The van der Waals surface area contributed by atoms with Crippen LogP contribution in [-0.4, -0.2) is 23.9 Å². The molecule has 1 saturated heterocycles. The number of nitrogens with one attached hydrogen (secondary N) is 1. The number of fused-ring (bicyclic) bond motifs is 8. The summed E-state index contributed by atoms with van der Waals surface area (Å²) in [5, 5.41) is 1.14. The Labute approximate surface area is 175 Å². The topological polar surface area (TPSA) is 62.4 Å². The zero-order valence-electron chi connectivity index (χ0n) is 16.9. The minimum Gasteiger partial charge on any atom is -0.497 e. The molecule has 1 aliphatic heterocycles. The first kappa shape index (κ1) is 17.8. The monoisotopic (exact) mass is 400 g/mol. The molecule has 2 aliphatic carbocycles. The number of carbonyl (C=O) groups excluding carboxylic acids is 2. The van der Waals surface area contributed by atoms with Gasteiger partial charge in [0.1, 0.15) is 5.75 Å². The van der Waals surface area contributed by atoms with Crippen LogP contribution in [0.15, 0.2) is 48.5 Å². The van der Waals surface area contributed by atoms with Gasteiger partial charge in [0.15, 0.2) is 0 Å². The zero-order valence-corrected chi connectivity index (χ0v) is 16.9. The van der Waals surface area contributed by atoms with Crippen molar-refractivity contribution in [3.63, 3.8) is 0 Å². The maximum atomic E-state index is 13.6. The molecule has 1 N–H and O–H groups in total. The number of ether oxygens (including phenoxy) is 1. The quantitative estimate of drug-likeness (QED) is 0.632. The summed E-state index contributed by atoms with van der Waals surface area (Å²) in [6.45, 7) is 0. The second-order valence-electron chi connectivity index (χ2n) is 8.77. The largest absolute Gasteiger partial charge is 0.497 e. The van der Waals surface area contributed by atoms with E-state index in [1.54, 1.807) is 7.11 Å². The highest BCUT2D eigenvalue weighted by molar-refractivity contribution is 6.24. The standard InChI is InChI=1S/C25H24N2O3/c1-30-15-11-12-19-18(13-15)20-16-9-5-6-10-17(16)21-22(23(20)26-19)25(29)27(24(21)28)14-7-3-2-4-8-14/h2-4,7-8,11-13,16-17,21-22,26H,5-6,9-10H2,1H3. The highest BCUT2D eigenvalue weighted by Gasteiger charge is 2.58. The van der Waals surface area contributed by atoms with Crippen LogP contribution in [-0.2, 0) is 9.59 Å². The zero-order chi connectivity index (χ0) is 20.4. The fourth-order valence-corrected chi connectivity index (χ4v) is 6.19. The van der Waals surface area contributed by atoms with E-state index < -0.39 is 5.92 Å². The Morgan fingerprint density at radius 2 is 1.80 bits per heavy atom. The Bertz CT molecular complexity index is 1170. The van der Waals surface area contributed by atoms with Gasteiger partial charge >= 0.3 is 0 Å². The van der Waals surface area contributed by atoms with Crippen LogP contribution in [0.5, 0.6) is 5.75 Å². The van der Waals surface area contributed by atoms with Crippen molar-refractivity contribution in [2.24, 2.45) is 11.8 Å². The van der Waals surface area contributed by atoms with E-state index in [9.17, 15) is 9.59 Å². The number of rotatable bonds is 2. The molecule has 3 aromatic rings. The Balaban J connectivity index is 1.57. The van der Waals surface area contributed by atoms with Gasteiger partial charge in [-0.1, -0.05) is 31.0 Å². The number of anilines is 1. The predicted molar refractivity (Wildman–Crippen MR) is 115 cm³/mol. The van der Waals surface area contributed by atoms with Crippen LogP contribution in [0, 0.1) is 11.8 Å². The van der Waals surface area contributed by atoms with Crippen LogP contribution in [0.1, 0.15) is 48.8 Å². The summed E-state index contributed by atoms with van der Waals surface area (Å²) in [7, 11) is 1.68. The van der Waals surface area contributed by atoms with E-state index in [1.807, 2.05) is 42.5 Å². The van der Waals surface area contributed by atoms with Crippen molar-refractivity contribution < 1.29 is 14.3 Å². The van der Waals surface area contributed by atoms with Crippen molar-refractivity contribution in [1.29, 1.82) is 0 Å². The molecule has 4 unspecified atom stereocenters. The maximum Gasteiger partial charge on any atom is 0.243 e. The number of H-pyrrole nitrogens is 1. The predicted octanol–water partition coefficient (Wildman–Crippen LogP) is 4.74. The van der Waals surface area contributed by atoms with Gasteiger partial charge in [-0.2, -0.15) is 0 Å². The van der Waals surface area contributed by atoms with Crippen LogP contribution >= 0.6 is 0 Å². The van der Waals surface area contributed by atoms with Crippen molar-refractivity contribution >= 4 is 28.4 Å². The number of benzene rings is 2. The van der Waals surface area contributed by atoms with Crippen LogP contribution in [0.4, 0.5) is 5.69 Å². The molecule has 1 aromatic heterocycles. The molecule has 0 bridgehead atoms. The van der Waals surface area contributed by atoms with E-state index in [1.165, 1.54) is 16.9 Å². The number of amides is 2. The fourth-order valence-electron chi connectivity index (χ4n) is 6.19. The fraction of sp³-hybridized carbons (Fsp3) is 0.360. The van der Waals surface area contributed by atoms with Gasteiger partial charge in [0.25, 0.3) is 0 Å². The highest BCUT2D eigenvalue weighted by Crippen LogP contribution is 2.57. The summed E-state index contributed by atoms with van der Waals surface area (Å²) >= 11 is 0. The van der Waals surface area contributed by atoms with Crippen LogP contribution in [0.25, 0.3) is 10.9 Å². The molecule has 2 amide bonds. The number of methoxy groups -OCH3 is 1. The van der Waals surface area contributed by atoms with Crippen molar-refractivity contribution in [3.8, 4) is 5.75 Å². The Morgan fingerprint density at radius 1 is 1.00 bits per heavy atom. The molecule has 1 saturated carbocycles. The number of hydrogen-bond acceptors (Lipinski definition) is 3. The lowest BCUT2D eigenvalue weighted by Crippen LogP contribution is -2.37. The number of imide groups is 1. The van der Waals surface area contributed by atoms with Gasteiger partial charge in [-0.15, -0.1) is 0 Å². The Morgan fingerprint density at radius 3 is 2.60 bits per heavy atom. The first-order chi connectivity index (χ1) is 14.7. The third-order valence-electron chi connectivity index (χ3n) is 7.40. The molecule has 30 heavy (non-hydrogen) atoms. The molecule has 2 aromatic carbocycles. The van der Waals surface area contributed by atoms with Crippen molar-refractivity contribution in [3.05, 3.63) is 59.8 Å². The lowest BCUT2D eigenvalue weighted by molar-refractivity contribution is -0.123. The number of hydrogen-bond donors (Lipinski definition) is 1. The summed E-state index contributed by atoms with van der Waals surface area (Å²) in [4.78, 5) is 32.2. The first-order valence-corrected chi connectivity index (χ1v) is 10.8. The minimum absolute atomic E-state index is 0.0324. The smallest absolute Gasteiger partial charge is 0.243 e. The molecule has 6 rings (SSSR count). The second kappa shape index (κ2) is 6.46. The van der Waals surface area contributed by atoms with E-state index in [-0.39, 0.29) is 23.7 Å². The van der Waals surface area contributed by atoms with Crippen molar-refractivity contribution in [2.45, 2.75) is 37.5 Å². The lowest BCUT2D eigenvalue weighted by atomic mass is 9.61. The summed E-state index contributed by atoms with van der Waals surface area (Å²) in [5.41, 5.74) is 3.88. The highest BCUT2D eigenvalue weighted by atomic mass is 16.5. The van der Waals surface area contributed by atoms with E-state index in [2.05, 4.69) is 11.1 Å². The van der Waals surface area contributed by atoms with Crippen LogP contribution in [0.3, 0.4) is 0 Å². The van der Waals surface area contributed by atoms with Gasteiger partial charge in [-0.05, 0) is 60.6 Å². The molecular formula is C25H24N2O3. The summed E-state index contributed by atoms with van der Waals surface area (Å²) < 4.78 is 5.48. The molecule has 5 nitrogen and oxygen atoms in total. The van der Waals surface area contributed by atoms with Gasteiger partial charge < -0.3 is 9.72 Å². The maximum absolute atomic E-state index is 13.6. The number of nitrogens with zero attached hydrogens (tertiary/aromatic N) is 1. The number of aromatic nitrogens is 1. The van der Waals surface area contributed by atoms with Gasteiger partial charge in [0, 0.05) is 16.6 Å². The molecule has 2 fully saturated rings. The average molecular weight is 400 g/mol. The molecule has 0 spiro atoms. The second-order valence-corrected chi connectivity index (χ2v) is 8.77. The van der Waals surface area contributed by atoms with Crippen molar-refractivity contribution in [1.82, 2.24) is 4.98 Å². The Hall–Kier alpha value is -3.08. The van der Waals surface area contributed by atoms with E-state index in [4.69, 9.17) is 4.74 Å². The SMILES string of the molecule is COc1ccc2[nH]c3c(c2c1)C1CCCCC1C1C(=O)N(c2ccccc2)C(=O)C31. The van der Waals surface area contributed by atoms with Gasteiger partial charge in [0.05, 0.1) is 24.6 Å². The van der Waals surface area contributed by atoms with Crippen LogP contribution < -0.4 is 9.64 Å².